The molecule has 1 aliphatic carbocycles. The Bertz CT molecular complexity index is 686. The molecule has 0 unspecified atom stereocenters. The lowest BCUT2D eigenvalue weighted by Crippen LogP contribution is -2.47. The van der Waals surface area contributed by atoms with Gasteiger partial charge in [0.15, 0.2) is 0 Å². The highest BCUT2D eigenvalue weighted by molar-refractivity contribution is 9.11. The number of hydrogen-bond acceptors (Lipinski definition) is 2. The molecule has 2 aromatic carbocycles. The predicted molar refractivity (Wildman–Crippen MR) is 92.2 cm³/mol. The van der Waals surface area contributed by atoms with Crippen LogP contribution in [0.5, 0.6) is 0 Å². The van der Waals surface area contributed by atoms with Gasteiger partial charge >= 0.3 is 0 Å². The zero-order valence-corrected chi connectivity index (χ0v) is 14.5. The molecule has 0 saturated heterocycles. The monoisotopic (exact) mass is 404 g/mol. The van der Waals surface area contributed by atoms with Crippen molar-refractivity contribution in [3.05, 3.63) is 63.0 Å². The molecule has 3 rings (SSSR count). The number of nitrogens with zero attached hydrogens (tertiary/aromatic N) is 1. The van der Waals surface area contributed by atoms with Gasteiger partial charge < -0.3 is 5.32 Å². The highest BCUT2D eigenvalue weighted by Gasteiger charge is 2.46. The molecule has 1 N–H and O–H groups in total. The van der Waals surface area contributed by atoms with Crippen LogP contribution in [-0.4, -0.2) is 6.04 Å². The number of nitrogens with one attached hydrogen (secondary N) is 1. The molecule has 0 radical (unpaired) electrons. The quantitative estimate of drug-likeness (QED) is 0.756. The van der Waals surface area contributed by atoms with E-state index in [0.29, 0.717) is 6.04 Å². The highest BCUT2D eigenvalue weighted by Crippen LogP contribution is 2.45. The molecule has 1 saturated carbocycles. The van der Waals surface area contributed by atoms with Gasteiger partial charge in [-0.1, -0.05) is 46.3 Å². The van der Waals surface area contributed by atoms with Crippen LogP contribution < -0.4 is 5.32 Å². The van der Waals surface area contributed by atoms with Crippen LogP contribution in [0.15, 0.2) is 57.5 Å². The van der Waals surface area contributed by atoms with Crippen LogP contribution in [0.25, 0.3) is 0 Å². The van der Waals surface area contributed by atoms with Gasteiger partial charge in [0.05, 0.1) is 11.5 Å². The van der Waals surface area contributed by atoms with Gasteiger partial charge in [0.1, 0.15) is 0 Å². The Morgan fingerprint density at radius 3 is 2.48 bits per heavy atom. The maximum absolute atomic E-state index is 9.58. The third-order valence-corrected chi connectivity index (χ3v) is 5.20. The third-order valence-electron chi connectivity index (χ3n) is 4.02. The minimum atomic E-state index is -0.336. The van der Waals surface area contributed by atoms with Gasteiger partial charge in [-0.25, -0.2) is 0 Å². The molecule has 0 atom stereocenters. The van der Waals surface area contributed by atoms with Gasteiger partial charge in [-0.3, -0.25) is 0 Å². The van der Waals surface area contributed by atoms with Crippen molar-refractivity contribution in [2.45, 2.75) is 24.3 Å². The summed E-state index contributed by atoms with van der Waals surface area (Å²) in [5.74, 6) is 0. The lowest BCUT2D eigenvalue weighted by atomic mass is 9.62. The van der Waals surface area contributed by atoms with E-state index < -0.39 is 0 Å². The van der Waals surface area contributed by atoms with Crippen molar-refractivity contribution in [1.82, 2.24) is 0 Å². The summed E-state index contributed by atoms with van der Waals surface area (Å²) in [5, 5.41) is 13.1. The standard InChI is InChI=1S/C17H14Br2N2/c18-13-6-7-15(19)16(8-13)21-14-9-17(10-14,11-20)12-4-2-1-3-5-12/h1-8,14,21H,9-10H2. The topological polar surface area (TPSA) is 35.8 Å². The Kier molecular flexibility index (Phi) is 4.05. The summed E-state index contributed by atoms with van der Waals surface area (Å²) < 4.78 is 2.09. The van der Waals surface area contributed by atoms with Crippen molar-refractivity contribution >= 4 is 37.5 Å². The highest BCUT2D eigenvalue weighted by atomic mass is 79.9. The van der Waals surface area contributed by atoms with Crippen molar-refractivity contribution in [2.24, 2.45) is 0 Å². The van der Waals surface area contributed by atoms with Gasteiger partial charge in [0.2, 0.25) is 0 Å². The number of nitriles is 1. The fourth-order valence-electron chi connectivity index (χ4n) is 2.86. The van der Waals surface area contributed by atoms with Gasteiger partial charge in [-0.2, -0.15) is 5.26 Å². The summed E-state index contributed by atoms with van der Waals surface area (Å²) in [6.45, 7) is 0. The van der Waals surface area contributed by atoms with Crippen molar-refractivity contribution in [2.75, 3.05) is 5.32 Å². The van der Waals surface area contributed by atoms with Crippen molar-refractivity contribution in [3.8, 4) is 6.07 Å². The lowest BCUT2D eigenvalue weighted by molar-refractivity contribution is 0.289. The van der Waals surface area contributed by atoms with E-state index >= 15 is 0 Å². The zero-order chi connectivity index (χ0) is 14.9. The fourth-order valence-corrected chi connectivity index (χ4v) is 3.58. The number of hydrogen-bond donors (Lipinski definition) is 1. The Hall–Kier alpha value is -1.31. The van der Waals surface area contributed by atoms with Gasteiger partial charge in [-0.15, -0.1) is 0 Å². The Labute approximate surface area is 141 Å². The number of benzene rings is 2. The Morgan fingerprint density at radius 2 is 1.81 bits per heavy atom. The van der Waals surface area contributed by atoms with Crippen LogP contribution in [0, 0.1) is 11.3 Å². The average Bonchev–Trinajstić information content (AvgIpc) is 2.47. The largest absolute Gasteiger partial charge is 0.381 e. The molecule has 0 aliphatic heterocycles. The maximum atomic E-state index is 9.58. The molecule has 0 bridgehead atoms. The van der Waals surface area contributed by atoms with Crippen molar-refractivity contribution < 1.29 is 0 Å². The normalized spacial score (nSPS) is 24.0. The van der Waals surface area contributed by atoms with Gasteiger partial charge in [-0.05, 0) is 52.5 Å². The zero-order valence-electron chi connectivity index (χ0n) is 11.3. The summed E-state index contributed by atoms with van der Waals surface area (Å²) in [5.41, 5.74) is 1.85. The first-order valence-corrected chi connectivity index (χ1v) is 8.40. The molecule has 1 fully saturated rings. The second kappa shape index (κ2) is 5.82. The van der Waals surface area contributed by atoms with Crippen molar-refractivity contribution in [1.29, 1.82) is 5.26 Å². The van der Waals surface area contributed by atoms with E-state index in [1.165, 1.54) is 0 Å². The van der Waals surface area contributed by atoms with Crippen LogP contribution in [-0.2, 0) is 5.41 Å². The SMILES string of the molecule is N#CC1(c2ccccc2)CC(Nc2cc(Br)ccc2Br)C1. The molecular formula is C17H14Br2N2. The third kappa shape index (κ3) is 2.86. The summed E-state index contributed by atoms with van der Waals surface area (Å²) in [6, 6.07) is 19.0. The molecule has 2 aromatic rings. The van der Waals surface area contributed by atoms with E-state index in [-0.39, 0.29) is 5.41 Å². The van der Waals surface area contributed by atoms with E-state index in [1.54, 1.807) is 0 Å². The summed E-state index contributed by atoms with van der Waals surface area (Å²) in [6.07, 6.45) is 1.68. The second-order valence-corrected chi connectivity index (χ2v) is 7.20. The molecule has 1 aliphatic rings. The van der Waals surface area contributed by atoms with Crippen molar-refractivity contribution in [3.63, 3.8) is 0 Å². The predicted octanol–water partition coefficient (Wildman–Crippen LogP) is 5.25. The summed E-state index contributed by atoms with van der Waals surface area (Å²) in [4.78, 5) is 0. The summed E-state index contributed by atoms with van der Waals surface area (Å²) in [7, 11) is 0. The molecule has 0 aromatic heterocycles. The molecule has 0 heterocycles. The molecular weight excluding hydrogens is 392 g/mol. The maximum Gasteiger partial charge on any atom is 0.0861 e. The smallest absolute Gasteiger partial charge is 0.0861 e. The van der Waals surface area contributed by atoms with Gasteiger partial charge in [0.25, 0.3) is 0 Å². The summed E-state index contributed by atoms with van der Waals surface area (Å²) >= 11 is 7.04. The molecule has 2 nitrogen and oxygen atoms in total. The van der Waals surface area contributed by atoms with Crippen LogP contribution >= 0.6 is 31.9 Å². The van der Waals surface area contributed by atoms with E-state index in [0.717, 1.165) is 33.0 Å². The molecule has 4 heteroatoms. The molecule has 106 valence electrons. The number of rotatable bonds is 3. The molecule has 0 spiro atoms. The first-order chi connectivity index (χ1) is 10.1. The lowest BCUT2D eigenvalue weighted by Gasteiger charge is -2.43. The average molecular weight is 406 g/mol. The number of anilines is 1. The van der Waals surface area contributed by atoms with E-state index in [4.69, 9.17) is 0 Å². The van der Waals surface area contributed by atoms with Gasteiger partial charge in [0, 0.05) is 20.7 Å². The van der Waals surface area contributed by atoms with Crippen LogP contribution in [0.3, 0.4) is 0 Å². The molecule has 21 heavy (non-hydrogen) atoms. The van der Waals surface area contributed by atoms with Crippen LogP contribution in [0.4, 0.5) is 5.69 Å². The fraction of sp³-hybridized carbons (Fsp3) is 0.235. The van der Waals surface area contributed by atoms with Crippen LogP contribution in [0.2, 0.25) is 0 Å². The Morgan fingerprint density at radius 1 is 1.10 bits per heavy atom. The van der Waals surface area contributed by atoms with E-state index in [2.05, 4.69) is 61.4 Å². The first-order valence-electron chi connectivity index (χ1n) is 6.81. The Balaban J connectivity index is 1.73. The van der Waals surface area contributed by atoms with Crippen LogP contribution in [0.1, 0.15) is 18.4 Å². The molecule has 0 amide bonds. The first kappa shape index (κ1) is 14.6. The minimum absolute atomic E-state index is 0.329. The number of halogens is 2. The van der Waals surface area contributed by atoms with E-state index in [9.17, 15) is 5.26 Å². The second-order valence-electron chi connectivity index (χ2n) is 5.43. The minimum Gasteiger partial charge on any atom is -0.381 e. The van der Waals surface area contributed by atoms with E-state index in [1.807, 2.05) is 30.3 Å².